The molecule has 9 nitrogen and oxygen atoms in total. The number of fused-ring (bicyclic) bond motifs is 1. The van der Waals surface area contributed by atoms with Gasteiger partial charge in [0.1, 0.15) is 11.9 Å². The van der Waals surface area contributed by atoms with Gasteiger partial charge < -0.3 is 10.1 Å². The van der Waals surface area contributed by atoms with Crippen molar-refractivity contribution in [1.29, 1.82) is 0 Å². The first-order valence-electron chi connectivity index (χ1n) is 10.4. The number of ether oxygens (including phenoxy) is 1. The SMILES string of the molecule is CCn1c(=O)n(CC(=O)NCCCOC(C)C)c(=O)c2cnc(-c3ccccc3)nc21. The Labute approximate surface area is 179 Å². The summed E-state index contributed by atoms with van der Waals surface area (Å²) in [7, 11) is 0. The number of rotatable bonds is 9. The Morgan fingerprint density at radius 2 is 1.90 bits per heavy atom. The van der Waals surface area contributed by atoms with Gasteiger partial charge in [0.25, 0.3) is 5.56 Å². The van der Waals surface area contributed by atoms with Gasteiger partial charge in [-0.05, 0) is 27.2 Å². The Kier molecular flexibility index (Phi) is 7.30. The van der Waals surface area contributed by atoms with Crippen molar-refractivity contribution in [2.45, 2.75) is 46.4 Å². The number of hydrogen-bond donors (Lipinski definition) is 1. The fourth-order valence-electron chi connectivity index (χ4n) is 3.17. The molecule has 0 spiro atoms. The van der Waals surface area contributed by atoms with E-state index < -0.39 is 17.2 Å². The molecule has 0 atom stereocenters. The highest BCUT2D eigenvalue weighted by Crippen LogP contribution is 2.15. The summed E-state index contributed by atoms with van der Waals surface area (Å²) < 4.78 is 7.74. The van der Waals surface area contributed by atoms with Gasteiger partial charge in [0.2, 0.25) is 5.91 Å². The molecule has 0 bridgehead atoms. The third-order valence-electron chi connectivity index (χ3n) is 4.71. The monoisotopic (exact) mass is 425 g/mol. The first kappa shape index (κ1) is 22.4. The Hall–Kier alpha value is -3.33. The first-order valence-corrected chi connectivity index (χ1v) is 10.4. The minimum absolute atomic E-state index is 0.129. The van der Waals surface area contributed by atoms with Crippen LogP contribution in [0.4, 0.5) is 0 Å². The molecule has 0 aliphatic rings. The minimum atomic E-state index is -0.581. The highest BCUT2D eigenvalue weighted by molar-refractivity contribution is 5.78. The third-order valence-corrected chi connectivity index (χ3v) is 4.71. The molecule has 1 aromatic carbocycles. The fraction of sp³-hybridized carbons (Fsp3) is 0.409. The van der Waals surface area contributed by atoms with Gasteiger partial charge in [-0.1, -0.05) is 30.3 Å². The van der Waals surface area contributed by atoms with Crippen LogP contribution in [0.15, 0.2) is 46.1 Å². The van der Waals surface area contributed by atoms with Crippen LogP contribution in [0.1, 0.15) is 27.2 Å². The molecule has 2 aromatic heterocycles. The van der Waals surface area contributed by atoms with E-state index in [4.69, 9.17) is 4.74 Å². The van der Waals surface area contributed by atoms with Crippen LogP contribution in [0, 0.1) is 0 Å². The maximum absolute atomic E-state index is 12.9. The van der Waals surface area contributed by atoms with Crippen molar-refractivity contribution < 1.29 is 9.53 Å². The number of benzene rings is 1. The van der Waals surface area contributed by atoms with Gasteiger partial charge in [0.15, 0.2) is 11.5 Å². The van der Waals surface area contributed by atoms with Crippen LogP contribution in [0.2, 0.25) is 0 Å². The highest BCUT2D eigenvalue weighted by atomic mass is 16.5. The number of carbonyl (C=O) groups excluding carboxylic acids is 1. The number of nitrogens with one attached hydrogen (secondary N) is 1. The van der Waals surface area contributed by atoms with Crippen molar-refractivity contribution in [2.24, 2.45) is 0 Å². The van der Waals surface area contributed by atoms with Gasteiger partial charge >= 0.3 is 5.69 Å². The van der Waals surface area contributed by atoms with E-state index in [2.05, 4.69) is 15.3 Å². The number of amides is 1. The van der Waals surface area contributed by atoms with Crippen LogP contribution >= 0.6 is 0 Å². The topological polar surface area (TPSA) is 108 Å². The van der Waals surface area contributed by atoms with Gasteiger partial charge in [0.05, 0.1) is 6.10 Å². The summed E-state index contributed by atoms with van der Waals surface area (Å²) in [6.45, 7) is 6.53. The average molecular weight is 425 g/mol. The molecule has 1 amide bonds. The zero-order valence-corrected chi connectivity index (χ0v) is 18.0. The molecular formula is C22H27N5O4. The van der Waals surface area contributed by atoms with Crippen molar-refractivity contribution >= 4 is 16.9 Å². The lowest BCUT2D eigenvalue weighted by Crippen LogP contribution is -2.44. The summed E-state index contributed by atoms with van der Waals surface area (Å²) >= 11 is 0. The normalized spacial score (nSPS) is 11.2. The molecule has 2 heterocycles. The van der Waals surface area contributed by atoms with E-state index in [-0.39, 0.29) is 23.7 Å². The molecule has 31 heavy (non-hydrogen) atoms. The number of carbonyl (C=O) groups is 1. The van der Waals surface area contributed by atoms with Crippen molar-refractivity contribution in [3.8, 4) is 11.4 Å². The van der Waals surface area contributed by atoms with E-state index in [0.717, 1.165) is 10.1 Å². The second-order valence-corrected chi connectivity index (χ2v) is 7.34. The lowest BCUT2D eigenvalue weighted by Gasteiger charge is -2.13. The standard InChI is InChI=1S/C22H27N5O4/c1-4-26-20-17(13-24-19(25-20)16-9-6-5-7-10-16)21(29)27(22(26)30)14-18(28)23-11-8-12-31-15(2)3/h5-7,9-10,13,15H,4,8,11-12,14H2,1-3H3,(H,23,28). The van der Waals surface area contributed by atoms with E-state index >= 15 is 0 Å². The minimum Gasteiger partial charge on any atom is -0.379 e. The number of aryl methyl sites for hydroxylation is 1. The second-order valence-electron chi connectivity index (χ2n) is 7.34. The summed E-state index contributed by atoms with van der Waals surface area (Å²) in [4.78, 5) is 46.9. The van der Waals surface area contributed by atoms with E-state index in [0.29, 0.717) is 31.9 Å². The zero-order chi connectivity index (χ0) is 22.4. The lowest BCUT2D eigenvalue weighted by molar-refractivity contribution is -0.121. The van der Waals surface area contributed by atoms with Crippen LogP contribution in [-0.2, 0) is 22.6 Å². The maximum atomic E-state index is 12.9. The number of hydrogen-bond acceptors (Lipinski definition) is 6. The second kappa shape index (κ2) is 10.1. The molecule has 0 unspecified atom stereocenters. The smallest absolute Gasteiger partial charge is 0.333 e. The van der Waals surface area contributed by atoms with E-state index in [9.17, 15) is 14.4 Å². The van der Waals surface area contributed by atoms with Gasteiger partial charge in [-0.3, -0.25) is 18.7 Å². The van der Waals surface area contributed by atoms with Gasteiger partial charge in [-0.15, -0.1) is 0 Å². The van der Waals surface area contributed by atoms with Crippen LogP contribution in [-0.4, -0.2) is 44.3 Å². The van der Waals surface area contributed by atoms with Crippen LogP contribution in [0.25, 0.3) is 22.4 Å². The molecule has 0 aliphatic carbocycles. The Bertz CT molecular complexity index is 1170. The quantitative estimate of drug-likeness (QED) is 0.522. The third kappa shape index (κ3) is 5.24. The Balaban J connectivity index is 1.87. The van der Waals surface area contributed by atoms with Gasteiger partial charge in [-0.2, -0.15) is 0 Å². The molecule has 0 fully saturated rings. The van der Waals surface area contributed by atoms with Crippen molar-refractivity contribution in [1.82, 2.24) is 24.4 Å². The van der Waals surface area contributed by atoms with Crippen molar-refractivity contribution in [3.63, 3.8) is 0 Å². The Morgan fingerprint density at radius 3 is 2.58 bits per heavy atom. The van der Waals surface area contributed by atoms with Gasteiger partial charge in [0, 0.05) is 31.5 Å². The molecule has 164 valence electrons. The number of aromatic nitrogens is 4. The fourth-order valence-corrected chi connectivity index (χ4v) is 3.17. The van der Waals surface area contributed by atoms with Crippen LogP contribution in [0.5, 0.6) is 0 Å². The molecule has 3 rings (SSSR count). The summed E-state index contributed by atoms with van der Waals surface area (Å²) in [6.07, 6.45) is 2.19. The van der Waals surface area contributed by atoms with Crippen LogP contribution in [0.3, 0.4) is 0 Å². The van der Waals surface area contributed by atoms with Crippen molar-refractivity contribution in [2.75, 3.05) is 13.2 Å². The Morgan fingerprint density at radius 1 is 1.16 bits per heavy atom. The molecular weight excluding hydrogens is 398 g/mol. The largest absolute Gasteiger partial charge is 0.379 e. The predicted octanol–water partition coefficient (Wildman–Crippen LogP) is 1.57. The summed E-state index contributed by atoms with van der Waals surface area (Å²) in [5.41, 5.74) is -0.114. The summed E-state index contributed by atoms with van der Waals surface area (Å²) in [5, 5.41) is 2.91. The van der Waals surface area contributed by atoms with E-state index in [1.165, 1.54) is 10.8 Å². The van der Waals surface area contributed by atoms with Gasteiger partial charge in [-0.25, -0.2) is 14.8 Å². The lowest BCUT2D eigenvalue weighted by atomic mass is 10.2. The predicted molar refractivity (Wildman–Crippen MR) is 118 cm³/mol. The molecule has 0 saturated heterocycles. The summed E-state index contributed by atoms with van der Waals surface area (Å²) in [6, 6.07) is 9.32. The van der Waals surface area contributed by atoms with E-state index in [1.54, 1.807) is 6.92 Å². The molecule has 9 heteroatoms. The molecule has 1 N–H and O–H groups in total. The highest BCUT2D eigenvalue weighted by Gasteiger charge is 2.17. The maximum Gasteiger partial charge on any atom is 0.333 e. The van der Waals surface area contributed by atoms with E-state index in [1.807, 2.05) is 44.2 Å². The molecule has 0 saturated carbocycles. The number of nitrogens with zero attached hydrogens (tertiary/aromatic N) is 4. The molecule has 0 aliphatic heterocycles. The zero-order valence-electron chi connectivity index (χ0n) is 18.0. The summed E-state index contributed by atoms with van der Waals surface area (Å²) in [5.74, 6) is 0.0146. The molecule has 3 aromatic rings. The van der Waals surface area contributed by atoms with Crippen LogP contribution < -0.4 is 16.6 Å². The van der Waals surface area contributed by atoms with Crippen molar-refractivity contribution in [3.05, 3.63) is 57.4 Å². The average Bonchev–Trinajstić information content (AvgIpc) is 2.77. The first-order chi connectivity index (χ1) is 14.9. The molecule has 0 radical (unpaired) electrons.